The maximum absolute atomic E-state index is 12.2. The number of carbonyl (C=O) groups is 1. The first-order chi connectivity index (χ1) is 10.2. The van der Waals surface area contributed by atoms with Crippen LogP contribution in [0.4, 0.5) is 11.4 Å². The molecule has 0 radical (unpaired) electrons. The molecule has 0 aromatic heterocycles. The number of piperidine rings is 1. The lowest BCUT2D eigenvalue weighted by Gasteiger charge is -2.29. The predicted octanol–water partition coefficient (Wildman–Crippen LogP) is 2.71. The number of hydrogen-bond acceptors (Lipinski definition) is 3. The lowest BCUT2D eigenvalue weighted by Crippen LogP contribution is -2.37. The molecule has 1 atom stereocenters. The molecule has 1 amide bonds. The molecule has 4 nitrogen and oxygen atoms in total. The predicted molar refractivity (Wildman–Crippen MR) is 86.8 cm³/mol. The normalized spacial score (nSPS) is 23.3. The van der Waals surface area contributed by atoms with Gasteiger partial charge in [-0.1, -0.05) is 0 Å². The van der Waals surface area contributed by atoms with E-state index in [4.69, 9.17) is 0 Å². The van der Waals surface area contributed by atoms with Gasteiger partial charge in [-0.3, -0.25) is 9.69 Å². The van der Waals surface area contributed by atoms with Gasteiger partial charge in [0.05, 0.1) is 6.04 Å². The summed E-state index contributed by atoms with van der Waals surface area (Å²) in [6.45, 7) is 3.32. The number of nitrogens with zero attached hydrogens (tertiary/aromatic N) is 2. The zero-order valence-corrected chi connectivity index (χ0v) is 12.8. The molecule has 2 heterocycles. The smallest absolute Gasteiger partial charge is 0.241 e. The minimum atomic E-state index is 0.0340. The zero-order chi connectivity index (χ0) is 14.7. The quantitative estimate of drug-likeness (QED) is 0.928. The van der Waals surface area contributed by atoms with Crippen LogP contribution in [-0.4, -0.2) is 43.5 Å². The summed E-state index contributed by atoms with van der Waals surface area (Å²) in [6, 6.07) is 8.33. The van der Waals surface area contributed by atoms with Gasteiger partial charge < -0.3 is 10.2 Å². The van der Waals surface area contributed by atoms with Gasteiger partial charge in [0.1, 0.15) is 0 Å². The van der Waals surface area contributed by atoms with Crippen molar-refractivity contribution in [1.82, 2.24) is 4.90 Å². The summed E-state index contributed by atoms with van der Waals surface area (Å²) in [4.78, 5) is 16.8. The van der Waals surface area contributed by atoms with Crippen molar-refractivity contribution in [3.8, 4) is 0 Å². The lowest BCUT2D eigenvalue weighted by atomic mass is 10.1. The highest BCUT2D eigenvalue weighted by Gasteiger charge is 2.27. The number of rotatable bonds is 3. The SMILES string of the molecule is CN1CCCC1C(=O)Nc1ccc(N2CCCCC2)cc1. The van der Waals surface area contributed by atoms with Crippen molar-refractivity contribution in [3.63, 3.8) is 0 Å². The van der Waals surface area contributed by atoms with Crippen molar-refractivity contribution in [2.45, 2.75) is 38.1 Å². The van der Waals surface area contributed by atoms with E-state index in [1.807, 2.05) is 19.2 Å². The number of benzene rings is 1. The third kappa shape index (κ3) is 3.38. The molecule has 2 saturated heterocycles. The molecule has 21 heavy (non-hydrogen) atoms. The van der Waals surface area contributed by atoms with Crippen molar-refractivity contribution in [3.05, 3.63) is 24.3 Å². The van der Waals surface area contributed by atoms with Crippen molar-refractivity contribution >= 4 is 17.3 Å². The van der Waals surface area contributed by atoms with Gasteiger partial charge in [-0.05, 0) is 70.0 Å². The molecule has 1 aromatic carbocycles. The summed E-state index contributed by atoms with van der Waals surface area (Å²) in [5, 5.41) is 3.05. The van der Waals surface area contributed by atoms with E-state index >= 15 is 0 Å². The Bertz CT molecular complexity index is 479. The molecule has 3 rings (SSSR count). The maximum Gasteiger partial charge on any atom is 0.241 e. The van der Waals surface area contributed by atoms with E-state index in [0.717, 1.165) is 38.2 Å². The minimum Gasteiger partial charge on any atom is -0.372 e. The van der Waals surface area contributed by atoms with Crippen molar-refractivity contribution in [1.29, 1.82) is 0 Å². The van der Waals surface area contributed by atoms with Gasteiger partial charge in [0, 0.05) is 24.5 Å². The second-order valence-corrected chi connectivity index (χ2v) is 6.22. The second-order valence-electron chi connectivity index (χ2n) is 6.22. The molecule has 0 saturated carbocycles. The van der Waals surface area contributed by atoms with E-state index in [2.05, 4.69) is 27.2 Å². The number of likely N-dealkylation sites (tertiary alicyclic amines) is 1. The van der Waals surface area contributed by atoms with Crippen LogP contribution >= 0.6 is 0 Å². The Morgan fingerprint density at radius 3 is 2.38 bits per heavy atom. The third-order valence-corrected chi connectivity index (χ3v) is 4.68. The average molecular weight is 287 g/mol. The fourth-order valence-electron chi connectivity index (χ4n) is 3.37. The molecule has 4 heteroatoms. The molecule has 0 bridgehead atoms. The molecule has 1 aromatic rings. The van der Waals surface area contributed by atoms with Gasteiger partial charge in [-0.2, -0.15) is 0 Å². The van der Waals surface area contributed by atoms with Crippen molar-refractivity contribution in [2.24, 2.45) is 0 Å². The fourth-order valence-corrected chi connectivity index (χ4v) is 3.37. The Labute approximate surface area is 127 Å². The molecule has 0 aliphatic carbocycles. The molecule has 1 unspecified atom stereocenters. The molecule has 114 valence electrons. The molecule has 2 aliphatic heterocycles. The van der Waals surface area contributed by atoms with Crippen LogP contribution < -0.4 is 10.2 Å². The van der Waals surface area contributed by atoms with Crippen molar-refractivity contribution in [2.75, 3.05) is 36.9 Å². The van der Waals surface area contributed by atoms with Crippen molar-refractivity contribution < 1.29 is 4.79 Å². The van der Waals surface area contributed by atoms with Crippen LogP contribution in [0.1, 0.15) is 32.1 Å². The number of amides is 1. The molecular formula is C17H25N3O. The number of nitrogens with one attached hydrogen (secondary N) is 1. The maximum atomic E-state index is 12.2. The Hall–Kier alpha value is -1.55. The average Bonchev–Trinajstić information content (AvgIpc) is 2.95. The van der Waals surface area contributed by atoms with E-state index in [0.29, 0.717) is 0 Å². The largest absolute Gasteiger partial charge is 0.372 e. The van der Waals surface area contributed by atoms with Gasteiger partial charge >= 0.3 is 0 Å². The third-order valence-electron chi connectivity index (χ3n) is 4.68. The van der Waals surface area contributed by atoms with Crippen LogP contribution in [0.25, 0.3) is 0 Å². The summed E-state index contributed by atoms with van der Waals surface area (Å²) < 4.78 is 0. The Kier molecular flexibility index (Phi) is 4.44. The minimum absolute atomic E-state index is 0.0340. The lowest BCUT2D eigenvalue weighted by molar-refractivity contribution is -0.119. The van der Waals surface area contributed by atoms with Gasteiger partial charge in [-0.25, -0.2) is 0 Å². The summed E-state index contributed by atoms with van der Waals surface area (Å²) in [6.07, 6.45) is 6.00. The van der Waals surface area contributed by atoms with Gasteiger partial charge in [0.25, 0.3) is 0 Å². The number of hydrogen-bond donors (Lipinski definition) is 1. The summed E-state index contributed by atoms with van der Waals surface area (Å²) in [5.41, 5.74) is 2.17. The summed E-state index contributed by atoms with van der Waals surface area (Å²) in [5.74, 6) is 0.126. The molecule has 1 N–H and O–H groups in total. The van der Waals surface area contributed by atoms with E-state index in [9.17, 15) is 4.79 Å². The van der Waals surface area contributed by atoms with E-state index in [1.54, 1.807) is 0 Å². The fraction of sp³-hybridized carbons (Fsp3) is 0.588. The van der Waals surface area contributed by atoms with Gasteiger partial charge in [0.15, 0.2) is 0 Å². The number of anilines is 2. The molecule has 0 spiro atoms. The summed E-state index contributed by atoms with van der Waals surface area (Å²) in [7, 11) is 2.02. The van der Waals surface area contributed by atoms with Gasteiger partial charge in [0.2, 0.25) is 5.91 Å². The monoisotopic (exact) mass is 287 g/mol. The van der Waals surface area contributed by atoms with Gasteiger partial charge in [-0.15, -0.1) is 0 Å². The highest BCUT2D eigenvalue weighted by Crippen LogP contribution is 2.22. The van der Waals surface area contributed by atoms with Crippen LogP contribution in [0.15, 0.2) is 24.3 Å². The molecular weight excluding hydrogens is 262 g/mol. The topological polar surface area (TPSA) is 35.6 Å². The van der Waals surface area contributed by atoms with Crippen LogP contribution in [0.5, 0.6) is 0 Å². The first-order valence-corrected chi connectivity index (χ1v) is 8.10. The number of likely N-dealkylation sites (N-methyl/N-ethyl adjacent to an activating group) is 1. The second kappa shape index (κ2) is 6.48. The van der Waals surface area contributed by atoms with E-state index in [1.165, 1.54) is 24.9 Å². The van der Waals surface area contributed by atoms with Crippen LogP contribution in [-0.2, 0) is 4.79 Å². The Morgan fingerprint density at radius 2 is 1.76 bits per heavy atom. The molecule has 2 aliphatic rings. The standard InChI is InChI=1S/C17H25N3O/c1-19-11-5-6-16(19)17(21)18-14-7-9-15(10-8-14)20-12-3-2-4-13-20/h7-10,16H,2-6,11-13H2,1H3,(H,18,21). The zero-order valence-electron chi connectivity index (χ0n) is 12.8. The highest BCUT2D eigenvalue weighted by atomic mass is 16.2. The highest BCUT2D eigenvalue weighted by molar-refractivity contribution is 5.95. The first kappa shape index (κ1) is 14.4. The Morgan fingerprint density at radius 1 is 1.05 bits per heavy atom. The summed E-state index contributed by atoms with van der Waals surface area (Å²) >= 11 is 0. The van der Waals surface area contributed by atoms with Crippen LogP contribution in [0.2, 0.25) is 0 Å². The van der Waals surface area contributed by atoms with E-state index in [-0.39, 0.29) is 11.9 Å². The first-order valence-electron chi connectivity index (χ1n) is 8.10. The number of carbonyl (C=O) groups excluding carboxylic acids is 1. The van der Waals surface area contributed by atoms with Crippen LogP contribution in [0, 0.1) is 0 Å². The Balaban J connectivity index is 1.60. The van der Waals surface area contributed by atoms with E-state index < -0.39 is 0 Å². The molecule has 2 fully saturated rings. The van der Waals surface area contributed by atoms with Crippen LogP contribution in [0.3, 0.4) is 0 Å².